The lowest BCUT2D eigenvalue weighted by Gasteiger charge is -2.35. The van der Waals surface area contributed by atoms with Gasteiger partial charge in [0.2, 0.25) is 23.6 Å². The number of fused-ring (bicyclic) bond motifs is 4. The highest BCUT2D eigenvalue weighted by atomic mass is 79.9. The van der Waals surface area contributed by atoms with Crippen molar-refractivity contribution in [3.8, 4) is 40.0 Å². The Morgan fingerprint density at radius 1 is 0.608 bits per heavy atom. The average Bonchev–Trinajstić information content (AvgIpc) is 1.57. The van der Waals surface area contributed by atoms with Crippen LogP contribution in [0.15, 0.2) is 125 Å². The first-order chi connectivity index (χ1) is 56.8. The van der Waals surface area contributed by atoms with Gasteiger partial charge in [-0.05, 0) is 148 Å². The molecule has 15 rings (SSSR count). The van der Waals surface area contributed by atoms with Crippen LogP contribution in [-0.4, -0.2) is 195 Å². The van der Waals surface area contributed by atoms with Gasteiger partial charge >= 0.3 is 24.1 Å². The molecule has 0 bridgehead atoms. The summed E-state index contributed by atoms with van der Waals surface area (Å²) in [6, 6.07) is 11.3. The predicted octanol–water partition coefficient (Wildman–Crippen LogP) is 11.3. The second kappa shape index (κ2) is 34.6. The molecule has 8 aliphatic rings. The van der Waals surface area contributed by atoms with E-state index in [2.05, 4.69) is 75.3 Å². The van der Waals surface area contributed by atoms with Gasteiger partial charge in [-0.15, -0.1) is 13.2 Å². The van der Waals surface area contributed by atoms with Gasteiger partial charge in [-0.25, -0.2) is 34.1 Å². The molecular formula is C85H97BrCl2N12O19S. The van der Waals surface area contributed by atoms with Crippen molar-refractivity contribution >= 4 is 119 Å². The van der Waals surface area contributed by atoms with E-state index in [-0.39, 0.29) is 72.2 Å². The van der Waals surface area contributed by atoms with Crippen molar-refractivity contribution in [3.05, 3.63) is 147 Å². The third-order valence-electron chi connectivity index (χ3n) is 23.5. The van der Waals surface area contributed by atoms with Crippen molar-refractivity contribution in [2.45, 2.75) is 184 Å². The molecule has 638 valence electrons. The Balaban J connectivity index is 0.000000169. The number of carboxylic acid groups (broad SMARTS) is 1. The molecular weight excluding hydrogens is 1680 g/mol. The van der Waals surface area contributed by atoms with Gasteiger partial charge in [-0.1, -0.05) is 92.8 Å². The first-order valence-corrected chi connectivity index (χ1v) is 42.5. The molecule has 35 heteroatoms. The number of benzene rings is 3. The van der Waals surface area contributed by atoms with Crippen LogP contribution in [0, 0.1) is 60.2 Å². The first-order valence-electron chi connectivity index (χ1n) is 39.6. The Bertz CT molecular complexity index is 5400. The Labute approximate surface area is 711 Å². The molecule has 2 unspecified atom stereocenters. The Morgan fingerprint density at radius 3 is 1.58 bits per heavy atom. The van der Waals surface area contributed by atoms with Crippen molar-refractivity contribution in [2.75, 3.05) is 34.4 Å². The Hall–Kier alpha value is -10.4. The summed E-state index contributed by atoms with van der Waals surface area (Å²) in [4.78, 5) is 148. The van der Waals surface area contributed by atoms with Crippen LogP contribution in [0.1, 0.15) is 117 Å². The number of halogens is 3. The van der Waals surface area contributed by atoms with Gasteiger partial charge in [-0.3, -0.25) is 38.1 Å². The number of ether oxygens (including phenoxy) is 6. The number of rotatable bonds is 23. The van der Waals surface area contributed by atoms with E-state index in [0.29, 0.717) is 101 Å². The number of aromatic amines is 1. The maximum atomic E-state index is 14.6. The molecule has 6 N–H and O–H groups in total. The van der Waals surface area contributed by atoms with E-state index in [4.69, 9.17) is 60.8 Å². The van der Waals surface area contributed by atoms with E-state index < -0.39 is 122 Å². The van der Waals surface area contributed by atoms with Gasteiger partial charge in [0.15, 0.2) is 5.43 Å². The number of nitrogens with one attached hydrogen (secondary N) is 5. The molecule has 2 aliphatic heterocycles. The normalized spacial score (nSPS) is 25.8. The zero-order chi connectivity index (χ0) is 86.6. The molecule has 6 heterocycles. The number of carbonyl (C=O) groups is 8. The van der Waals surface area contributed by atoms with Crippen LogP contribution in [0.5, 0.6) is 17.2 Å². The highest BCUT2D eigenvalue weighted by molar-refractivity contribution is 9.10. The Morgan fingerprint density at radius 2 is 1.09 bits per heavy atom. The van der Waals surface area contributed by atoms with Gasteiger partial charge < -0.3 is 69.6 Å². The summed E-state index contributed by atoms with van der Waals surface area (Å²) in [5.41, 5.74) is -0.185. The second-order valence-electron chi connectivity index (χ2n) is 34.2. The number of methoxy groups -OCH3 is 3. The zero-order valence-corrected chi connectivity index (χ0v) is 72.1. The predicted molar refractivity (Wildman–Crippen MR) is 445 cm³/mol. The summed E-state index contributed by atoms with van der Waals surface area (Å²) in [5.74, 6) is -1.47. The number of nitrogens with zero attached hydrogens (tertiary/aromatic N) is 7. The van der Waals surface area contributed by atoms with E-state index in [0.717, 1.165) is 37.8 Å². The van der Waals surface area contributed by atoms with Gasteiger partial charge in [0.1, 0.15) is 92.2 Å². The monoisotopic (exact) mass is 1770 g/mol. The van der Waals surface area contributed by atoms with Crippen molar-refractivity contribution in [2.24, 2.45) is 46.3 Å². The fourth-order valence-corrected chi connectivity index (χ4v) is 18.6. The Kier molecular flexibility index (Phi) is 25.2. The number of hydrogen-bond donors (Lipinski definition) is 6. The van der Waals surface area contributed by atoms with Gasteiger partial charge in [-0.2, -0.15) is 8.42 Å². The van der Waals surface area contributed by atoms with Crippen molar-refractivity contribution in [1.29, 1.82) is 0 Å². The van der Waals surface area contributed by atoms with Crippen LogP contribution in [0.25, 0.3) is 44.6 Å². The van der Waals surface area contributed by atoms with Gasteiger partial charge in [0, 0.05) is 71.0 Å². The topological polar surface area (TPSA) is 407 Å². The first kappa shape index (κ1) is 87.5. The number of alkyl carbamates (subject to hydrolysis) is 2. The quantitative estimate of drug-likeness (QED) is 0.0150. The SMILES string of the molecule is C=C[C@@H]1C[C@]1(NC(=O)[C@@H]1C[C@@H](Oc2cc(-c3cncc(C)n3)nc3c(Cl)c(OC)ccc23)CN1C(=O)[C@@H](NC(=O)OC1C[C@@H]2C[C@@H]2C1)C(C)(C)C)C(=O)O.C=C[C@@H]1C[C@]1(NC(=O)[C@@H]1C[C@H](OS(=O)(=O)c2ccc(Br)cc2)CN1C(=O)[C@@H](NC(=O)OC1C[C@@H]2C[C@@H]2C1)C(C)(C)C)C(=O)OC.COc1ccc2c(=O)cc(-c3cncc(C)n3)[nH]c2c1Cl. The van der Waals surface area contributed by atoms with Crippen LogP contribution in [0.4, 0.5) is 9.59 Å². The summed E-state index contributed by atoms with van der Waals surface area (Å²) in [5, 5.41) is 22.7. The molecule has 0 spiro atoms. The lowest BCUT2D eigenvalue weighted by atomic mass is 9.85. The molecule has 120 heavy (non-hydrogen) atoms. The van der Waals surface area contributed by atoms with Crippen LogP contribution in [0.2, 0.25) is 10.0 Å². The number of aryl methyl sites for hydroxylation is 2. The molecule has 0 radical (unpaired) electrons. The molecule has 7 aromatic rings. The minimum atomic E-state index is -4.26. The largest absolute Gasteiger partial charge is 0.495 e. The molecule has 4 aromatic heterocycles. The molecule has 6 saturated carbocycles. The zero-order valence-electron chi connectivity index (χ0n) is 68.2. The van der Waals surface area contributed by atoms with Crippen molar-refractivity contribution in [3.63, 3.8) is 0 Å². The number of aliphatic carboxylic acids is 1. The number of hydrogen-bond acceptors (Lipinski definition) is 23. The molecule has 16 atom stereocenters. The van der Waals surface area contributed by atoms with E-state index >= 15 is 0 Å². The highest BCUT2D eigenvalue weighted by Crippen LogP contribution is 2.54. The van der Waals surface area contributed by atoms with E-state index in [1.165, 1.54) is 61.8 Å². The molecule has 8 fully saturated rings. The van der Waals surface area contributed by atoms with Crippen LogP contribution in [0.3, 0.4) is 0 Å². The summed E-state index contributed by atoms with van der Waals surface area (Å²) in [6.45, 7) is 21.5. The number of H-pyrrole nitrogens is 1. The average molecular weight is 1770 g/mol. The molecule has 6 amide bonds. The van der Waals surface area contributed by atoms with Gasteiger partial charge in [0.25, 0.3) is 10.1 Å². The smallest absolute Gasteiger partial charge is 0.408 e. The van der Waals surface area contributed by atoms with Crippen LogP contribution in [-0.2, 0) is 57.3 Å². The summed E-state index contributed by atoms with van der Waals surface area (Å²) >= 11 is 16.3. The number of amides is 6. The lowest BCUT2D eigenvalue weighted by molar-refractivity contribution is -0.148. The summed E-state index contributed by atoms with van der Waals surface area (Å²) in [7, 11) is -0.0206. The third kappa shape index (κ3) is 18.9. The highest BCUT2D eigenvalue weighted by Gasteiger charge is 2.63. The molecule has 2 saturated heterocycles. The third-order valence-corrected chi connectivity index (χ3v) is 26.2. The maximum absolute atomic E-state index is 14.6. The number of likely N-dealkylation sites (tertiary alicyclic amines) is 2. The number of pyridine rings is 2. The van der Waals surface area contributed by atoms with Crippen molar-refractivity contribution in [1.82, 2.24) is 61.0 Å². The summed E-state index contributed by atoms with van der Waals surface area (Å²) < 4.78 is 66.1. The maximum Gasteiger partial charge on any atom is 0.408 e. The fourth-order valence-electron chi connectivity index (χ4n) is 16.6. The number of aromatic nitrogens is 6. The molecule has 6 aliphatic carbocycles. The fraction of sp³-hybridized carbons (Fsp3) is 0.482. The molecule has 31 nitrogen and oxygen atoms in total. The van der Waals surface area contributed by atoms with Gasteiger partial charge in [0.05, 0.1) is 85.1 Å². The van der Waals surface area contributed by atoms with Crippen molar-refractivity contribution < 1.29 is 84.5 Å². The van der Waals surface area contributed by atoms with E-state index in [1.54, 1.807) is 94.1 Å². The lowest BCUT2D eigenvalue weighted by Crippen LogP contribution is -2.59. The van der Waals surface area contributed by atoms with E-state index in [1.807, 2.05) is 34.6 Å². The van der Waals surface area contributed by atoms with E-state index in [9.17, 15) is 56.7 Å². The van der Waals surface area contributed by atoms with Crippen LogP contribution < -0.4 is 40.9 Å². The minimum absolute atomic E-state index is 0.0193. The minimum Gasteiger partial charge on any atom is -0.495 e. The summed E-state index contributed by atoms with van der Waals surface area (Å²) in [6.07, 6.45) is 11.7. The number of carbonyl (C=O) groups excluding carboxylic acids is 7. The number of carboxylic acids is 1. The molecule has 3 aromatic carbocycles. The van der Waals surface area contributed by atoms with Crippen LogP contribution >= 0.6 is 39.1 Å². The number of esters is 1. The standard InChI is InChI=1S/C39H45ClN6O8.C31H40BrN3O9S.C15H12ClN3O2/c1-7-22-15-39(22,36(49)50)45-34(47)28-13-24(18-46(28)35(48)33(38(3,4)5)44-37(51)54-23-11-20-10-21(20)12-23)53-30-14-26(27-17-41-16-19(2)42-27)43-32-25(30)8-9-29(52-6)31(32)40;1-6-19-15-31(19,28(38)42-5)34-26(36)24-14-22(44-45(40,41)23-9-7-20(32)8-10-23)16-35(24)27(37)25(30(2,3)4)33-29(39)43-21-12-17-11-18(17)13-21;1-8-6-17-7-11(18-8)10-5-12(20)9-3-4-13(21-2)14(16)15(9)19-10/h7-9,14,16-17,20-24,28,33H,1,10-13,15,18H2,2-6H3,(H,44,51)(H,45,47)(H,49,50);6-10,17-19,21-22,24-25H,1,11-16H2,2-5H3,(H,33,39)(H,34,36);3-7H,1-2H3,(H,19,20)/t20-,21+,22-,23?,24-,28+,33-,39-;17-,18+,19-,21?,22+,24+,25-,31-;/m11./s1. The second-order valence-corrected chi connectivity index (χ2v) is 37.4.